The van der Waals surface area contributed by atoms with Gasteiger partial charge >= 0.3 is 0 Å². The van der Waals surface area contributed by atoms with Crippen LogP contribution in [-0.2, 0) is 21.2 Å². The van der Waals surface area contributed by atoms with Gasteiger partial charge in [-0.05, 0) is 38.5 Å². The van der Waals surface area contributed by atoms with Gasteiger partial charge in [-0.1, -0.05) is 16.5 Å². The number of sulfone groups is 1. The molecule has 0 aliphatic heterocycles. The molecule has 18 heavy (non-hydrogen) atoms. The lowest BCUT2D eigenvalue weighted by Gasteiger charge is -2.17. The van der Waals surface area contributed by atoms with E-state index in [1.807, 2.05) is 20.8 Å². The van der Waals surface area contributed by atoms with Gasteiger partial charge in [0.2, 0.25) is 0 Å². The minimum Gasteiger partial charge on any atom is -0.591 e. The largest absolute Gasteiger partial charge is 0.591 e. The van der Waals surface area contributed by atoms with E-state index < -0.39 is 25.9 Å². The molecule has 1 aromatic carbocycles. The molecule has 1 aromatic rings. The molecule has 0 radical (unpaired) electrons. The zero-order valence-electron chi connectivity index (χ0n) is 10.9. The second-order valence-electron chi connectivity index (χ2n) is 4.94. The zero-order chi connectivity index (χ0) is 14.0. The maximum atomic E-state index is 11.7. The smallest absolute Gasteiger partial charge is 0.175 e. The summed E-state index contributed by atoms with van der Waals surface area (Å²) >= 11 is -1.31. The summed E-state index contributed by atoms with van der Waals surface area (Å²) in [5.74, 6) is 0. The highest BCUT2D eigenvalue weighted by Crippen LogP contribution is 2.17. The number of nitrogens with zero attached hydrogens (tertiary/aromatic N) is 1. The van der Waals surface area contributed by atoms with Gasteiger partial charge in [-0.15, -0.1) is 0 Å². The second kappa shape index (κ2) is 5.42. The van der Waals surface area contributed by atoms with Crippen molar-refractivity contribution in [3.05, 3.63) is 29.8 Å². The van der Waals surface area contributed by atoms with Gasteiger partial charge in [0.1, 0.15) is 16.1 Å². The fourth-order valence-electron chi connectivity index (χ4n) is 1.07. The molecule has 0 amide bonds. The molecule has 0 fully saturated rings. The summed E-state index contributed by atoms with van der Waals surface area (Å²) in [5, 5.41) is 0. The summed E-state index contributed by atoms with van der Waals surface area (Å²) in [6.45, 7) is 5.52. The average molecular weight is 287 g/mol. The molecule has 0 aliphatic carbocycles. The molecular formula is C12H17NO3S2. The van der Waals surface area contributed by atoms with Crippen LogP contribution in [-0.4, -0.2) is 30.2 Å². The van der Waals surface area contributed by atoms with Crippen LogP contribution in [0.4, 0.5) is 0 Å². The average Bonchev–Trinajstić information content (AvgIpc) is 2.24. The van der Waals surface area contributed by atoms with Gasteiger partial charge in [0.15, 0.2) is 9.84 Å². The monoisotopic (exact) mass is 287 g/mol. The van der Waals surface area contributed by atoms with Crippen molar-refractivity contribution in [3.8, 4) is 0 Å². The van der Waals surface area contributed by atoms with Crippen molar-refractivity contribution in [2.24, 2.45) is 4.40 Å². The predicted molar refractivity (Wildman–Crippen MR) is 75.0 cm³/mol. The maximum Gasteiger partial charge on any atom is 0.175 e. The molecule has 1 atom stereocenters. The van der Waals surface area contributed by atoms with Crippen molar-refractivity contribution >= 4 is 27.4 Å². The summed E-state index contributed by atoms with van der Waals surface area (Å²) < 4.78 is 37.8. The van der Waals surface area contributed by atoms with Crippen LogP contribution in [0.1, 0.15) is 26.3 Å². The van der Waals surface area contributed by atoms with E-state index in [0.717, 1.165) is 11.8 Å². The van der Waals surface area contributed by atoms with Crippen LogP contribution in [0.2, 0.25) is 0 Å². The Morgan fingerprint density at radius 1 is 1.22 bits per heavy atom. The third kappa shape index (κ3) is 4.44. The first-order chi connectivity index (χ1) is 8.10. The standard InChI is InChI=1S/C12H17NO3S2/c1-12(2,3)17(14)13-9-10-5-7-11(8-6-10)18(4,15)16/h5-9H,1-4H3/b13-9+/t17-/m0/s1. The van der Waals surface area contributed by atoms with E-state index in [2.05, 4.69) is 4.40 Å². The number of hydrogen-bond acceptors (Lipinski definition) is 4. The van der Waals surface area contributed by atoms with E-state index in [9.17, 15) is 13.0 Å². The number of benzene rings is 1. The normalized spacial score (nSPS) is 14.9. The fraction of sp³-hybridized carbons (Fsp3) is 0.417. The minimum atomic E-state index is -3.18. The molecule has 0 saturated heterocycles. The van der Waals surface area contributed by atoms with E-state index in [-0.39, 0.29) is 4.90 Å². The van der Waals surface area contributed by atoms with Gasteiger partial charge in [-0.2, -0.15) is 0 Å². The van der Waals surface area contributed by atoms with Crippen LogP contribution >= 0.6 is 0 Å². The summed E-state index contributed by atoms with van der Waals surface area (Å²) in [7, 11) is -3.18. The quantitative estimate of drug-likeness (QED) is 0.630. The predicted octanol–water partition coefficient (Wildman–Crippen LogP) is 1.97. The molecule has 0 aromatic heterocycles. The zero-order valence-corrected chi connectivity index (χ0v) is 12.5. The summed E-state index contributed by atoms with van der Waals surface area (Å²) in [5.41, 5.74) is 0.722. The van der Waals surface area contributed by atoms with Crippen molar-refractivity contribution < 1.29 is 13.0 Å². The molecule has 0 spiro atoms. The summed E-state index contributed by atoms with van der Waals surface area (Å²) in [6, 6.07) is 6.30. The molecule has 0 unspecified atom stereocenters. The molecule has 4 nitrogen and oxygen atoms in total. The molecule has 100 valence electrons. The molecule has 1 rings (SSSR count). The molecule has 6 heteroatoms. The highest BCUT2D eigenvalue weighted by atomic mass is 32.2. The van der Waals surface area contributed by atoms with Crippen LogP contribution < -0.4 is 0 Å². The van der Waals surface area contributed by atoms with Crippen LogP contribution in [0.15, 0.2) is 33.6 Å². The molecule has 0 saturated carbocycles. The Labute approximate surface area is 111 Å². The first kappa shape index (κ1) is 15.2. The second-order valence-corrected chi connectivity index (χ2v) is 8.89. The molecule has 0 heterocycles. The lowest BCUT2D eigenvalue weighted by Crippen LogP contribution is -2.25. The Bertz CT molecular complexity index is 527. The lowest BCUT2D eigenvalue weighted by atomic mass is 10.2. The van der Waals surface area contributed by atoms with Crippen LogP contribution in [0, 0.1) is 0 Å². The van der Waals surface area contributed by atoms with Crippen molar-refractivity contribution in [3.63, 3.8) is 0 Å². The first-order valence-electron chi connectivity index (χ1n) is 5.37. The van der Waals surface area contributed by atoms with Crippen LogP contribution in [0.25, 0.3) is 0 Å². The Balaban J connectivity index is 2.85. The van der Waals surface area contributed by atoms with Crippen molar-refractivity contribution in [1.29, 1.82) is 0 Å². The molecular weight excluding hydrogens is 270 g/mol. The Morgan fingerprint density at radius 2 is 1.72 bits per heavy atom. The topological polar surface area (TPSA) is 69.6 Å². The highest BCUT2D eigenvalue weighted by Gasteiger charge is 2.25. The summed E-state index contributed by atoms with van der Waals surface area (Å²) in [6.07, 6.45) is 2.65. The van der Waals surface area contributed by atoms with Crippen LogP contribution in [0.5, 0.6) is 0 Å². The van der Waals surface area contributed by atoms with E-state index in [1.54, 1.807) is 12.1 Å². The highest BCUT2D eigenvalue weighted by molar-refractivity contribution is 7.91. The third-order valence-corrected chi connectivity index (χ3v) is 4.60. The Kier molecular flexibility index (Phi) is 4.58. The van der Waals surface area contributed by atoms with Crippen molar-refractivity contribution in [2.45, 2.75) is 30.4 Å². The van der Waals surface area contributed by atoms with E-state index in [4.69, 9.17) is 0 Å². The Hall–Kier alpha value is -0.850. The third-order valence-electron chi connectivity index (χ3n) is 2.13. The van der Waals surface area contributed by atoms with Gasteiger partial charge < -0.3 is 4.55 Å². The number of rotatable bonds is 3. The summed E-state index contributed by atoms with van der Waals surface area (Å²) in [4.78, 5) is 0.261. The Morgan fingerprint density at radius 3 is 2.11 bits per heavy atom. The van der Waals surface area contributed by atoms with Crippen molar-refractivity contribution in [1.82, 2.24) is 0 Å². The fourth-order valence-corrected chi connectivity index (χ4v) is 2.23. The minimum absolute atomic E-state index is 0.261. The number of hydrogen-bond donors (Lipinski definition) is 0. The van der Waals surface area contributed by atoms with Crippen molar-refractivity contribution in [2.75, 3.05) is 6.26 Å². The lowest BCUT2D eigenvalue weighted by molar-refractivity contribution is 0.562. The van der Waals surface area contributed by atoms with E-state index in [0.29, 0.717) is 0 Å². The SMILES string of the molecule is CC(C)(C)[S@+]([O-])/N=C/c1ccc(S(C)(=O)=O)cc1. The van der Waals surface area contributed by atoms with Gasteiger partial charge in [0.05, 0.1) is 11.1 Å². The molecule has 0 N–H and O–H groups in total. The van der Waals surface area contributed by atoms with E-state index in [1.165, 1.54) is 18.3 Å². The first-order valence-corrected chi connectivity index (χ1v) is 8.37. The van der Waals surface area contributed by atoms with Gasteiger partial charge in [0.25, 0.3) is 0 Å². The molecule has 0 bridgehead atoms. The maximum absolute atomic E-state index is 11.7. The molecule has 0 aliphatic rings. The van der Waals surface area contributed by atoms with Gasteiger partial charge in [-0.25, -0.2) is 8.42 Å². The van der Waals surface area contributed by atoms with Gasteiger partial charge in [0, 0.05) is 6.26 Å². The van der Waals surface area contributed by atoms with Gasteiger partial charge in [-0.3, -0.25) is 0 Å². The van der Waals surface area contributed by atoms with E-state index >= 15 is 0 Å². The van der Waals surface area contributed by atoms with Crippen LogP contribution in [0.3, 0.4) is 0 Å².